The van der Waals surface area contributed by atoms with Crippen molar-refractivity contribution in [1.29, 1.82) is 0 Å². The van der Waals surface area contributed by atoms with Crippen LogP contribution in [0, 0.1) is 0 Å². The third-order valence-corrected chi connectivity index (χ3v) is 3.54. The second-order valence-electron chi connectivity index (χ2n) is 5.02. The Kier molecular flexibility index (Phi) is 3.66. The highest BCUT2D eigenvalue weighted by atomic mass is 16.4. The molecule has 3 rings (SSSR count). The summed E-state index contributed by atoms with van der Waals surface area (Å²) in [5.74, 6) is -0.951. The Labute approximate surface area is 127 Å². The molecule has 0 amide bonds. The number of hydrogen-bond donors (Lipinski definition) is 1. The predicted molar refractivity (Wildman–Crippen MR) is 83.3 cm³/mol. The van der Waals surface area contributed by atoms with Crippen molar-refractivity contribution in [2.45, 2.75) is 6.42 Å². The molecule has 0 spiro atoms. The molecule has 1 heterocycles. The highest BCUT2D eigenvalue weighted by molar-refractivity contribution is 5.87. The molecule has 0 aliphatic carbocycles. The van der Waals surface area contributed by atoms with E-state index in [-0.39, 0.29) is 5.56 Å². The average molecular weight is 291 g/mol. The molecule has 4 heteroatoms. The molecule has 22 heavy (non-hydrogen) atoms. The normalized spacial score (nSPS) is 10.5. The van der Waals surface area contributed by atoms with Crippen LogP contribution in [0.3, 0.4) is 0 Å². The van der Waals surface area contributed by atoms with Gasteiger partial charge in [-0.3, -0.25) is 4.79 Å². The molecule has 0 saturated carbocycles. The highest BCUT2D eigenvalue weighted by Gasteiger charge is 2.08. The number of fused-ring (bicyclic) bond motifs is 1. The molecule has 1 aromatic heterocycles. The molecule has 0 unspecified atom stereocenters. The Morgan fingerprint density at radius 1 is 1.09 bits per heavy atom. The molecule has 2 aromatic carbocycles. The second-order valence-corrected chi connectivity index (χ2v) is 5.02. The van der Waals surface area contributed by atoms with Crippen LogP contribution < -0.4 is 0 Å². The lowest BCUT2D eigenvalue weighted by atomic mass is 10.0. The van der Waals surface area contributed by atoms with Crippen molar-refractivity contribution in [3.63, 3.8) is 0 Å². The summed E-state index contributed by atoms with van der Waals surface area (Å²) in [6.45, 7) is 0. The van der Waals surface area contributed by atoms with Gasteiger partial charge in [0.2, 0.25) is 0 Å². The van der Waals surface area contributed by atoms with Gasteiger partial charge in [0.25, 0.3) is 0 Å². The summed E-state index contributed by atoms with van der Waals surface area (Å²) in [6, 6.07) is 16.2. The number of para-hydroxylation sites is 1. The standard InChI is InChI=1S/C18H13NO3/c20-11-17-15(10-14-3-1-2-4-16(14)19-17)9-12-5-7-13(8-6-12)18(21)22/h1-8,10-11H,9H2,(H,21,22). The molecule has 108 valence electrons. The van der Waals surface area contributed by atoms with Crippen LogP contribution in [0.25, 0.3) is 10.9 Å². The van der Waals surface area contributed by atoms with Crippen molar-refractivity contribution in [2.24, 2.45) is 0 Å². The summed E-state index contributed by atoms with van der Waals surface area (Å²) in [4.78, 5) is 26.5. The third-order valence-electron chi connectivity index (χ3n) is 3.54. The first-order chi connectivity index (χ1) is 10.7. The Balaban J connectivity index is 1.98. The van der Waals surface area contributed by atoms with E-state index in [0.29, 0.717) is 12.1 Å². The quantitative estimate of drug-likeness (QED) is 0.749. The van der Waals surface area contributed by atoms with Gasteiger partial charge in [0, 0.05) is 5.39 Å². The van der Waals surface area contributed by atoms with Gasteiger partial charge in [-0.05, 0) is 41.8 Å². The number of carbonyl (C=O) groups excluding carboxylic acids is 1. The number of nitrogens with zero attached hydrogens (tertiary/aromatic N) is 1. The van der Waals surface area contributed by atoms with Crippen LogP contribution in [0.5, 0.6) is 0 Å². The fourth-order valence-corrected chi connectivity index (χ4v) is 2.40. The van der Waals surface area contributed by atoms with Gasteiger partial charge in [0.15, 0.2) is 6.29 Å². The molecule has 3 aromatic rings. The van der Waals surface area contributed by atoms with Crippen molar-refractivity contribution in [1.82, 2.24) is 4.98 Å². The number of benzene rings is 2. The monoisotopic (exact) mass is 291 g/mol. The summed E-state index contributed by atoms with van der Waals surface area (Å²) >= 11 is 0. The number of rotatable bonds is 4. The molecule has 0 aliphatic heterocycles. The SMILES string of the molecule is O=Cc1nc2ccccc2cc1Cc1ccc(C(=O)O)cc1. The van der Waals surface area contributed by atoms with Crippen molar-refractivity contribution >= 4 is 23.2 Å². The van der Waals surface area contributed by atoms with E-state index in [1.54, 1.807) is 24.3 Å². The minimum atomic E-state index is -0.951. The molecular formula is C18H13NO3. The van der Waals surface area contributed by atoms with Crippen molar-refractivity contribution in [2.75, 3.05) is 0 Å². The number of pyridine rings is 1. The number of carboxylic acids is 1. The van der Waals surface area contributed by atoms with Gasteiger partial charge in [-0.25, -0.2) is 9.78 Å². The number of aromatic nitrogens is 1. The molecule has 4 nitrogen and oxygen atoms in total. The predicted octanol–water partition coefficient (Wildman–Crippen LogP) is 3.34. The molecule has 0 radical (unpaired) electrons. The number of hydrogen-bond acceptors (Lipinski definition) is 3. The maximum absolute atomic E-state index is 11.3. The Morgan fingerprint density at radius 2 is 1.82 bits per heavy atom. The van der Waals surface area contributed by atoms with E-state index in [2.05, 4.69) is 4.98 Å². The smallest absolute Gasteiger partial charge is 0.335 e. The first kappa shape index (κ1) is 13.9. The zero-order valence-corrected chi connectivity index (χ0v) is 11.7. The van der Waals surface area contributed by atoms with Gasteiger partial charge in [-0.1, -0.05) is 30.3 Å². The van der Waals surface area contributed by atoms with E-state index >= 15 is 0 Å². The Bertz CT molecular complexity index is 854. The van der Waals surface area contributed by atoms with Crippen LogP contribution in [-0.2, 0) is 6.42 Å². The van der Waals surface area contributed by atoms with Crippen LogP contribution in [0.2, 0.25) is 0 Å². The average Bonchev–Trinajstić information content (AvgIpc) is 2.54. The van der Waals surface area contributed by atoms with E-state index in [0.717, 1.165) is 28.3 Å². The largest absolute Gasteiger partial charge is 0.478 e. The van der Waals surface area contributed by atoms with Gasteiger partial charge in [0.1, 0.15) is 5.69 Å². The Morgan fingerprint density at radius 3 is 2.50 bits per heavy atom. The minimum Gasteiger partial charge on any atom is -0.478 e. The summed E-state index contributed by atoms with van der Waals surface area (Å²) < 4.78 is 0. The molecular weight excluding hydrogens is 278 g/mol. The zero-order chi connectivity index (χ0) is 15.5. The topological polar surface area (TPSA) is 67.3 Å². The van der Waals surface area contributed by atoms with Gasteiger partial charge in [-0.2, -0.15) is 0 Å². The first-order valence-corrected chi connectivity index (χ1v) is 6.83. The minimum absolute atomic E-state index is 0.246. The lowest BCUT2D eigenvalue weighted by molar-refractivity contribution is 0.0696. The Hall–Kier alpha value is -3.01. The fourth-order valence-electron chi connectivity index (χ4n) is 2.40. The van der Waals surface area contributed by atoms with Crippen molar-refractivity contribution in [3.8, 4) is 0 Å². The molecule has 0 aliphatic rings. The first-order valence-electron chi connectivity index (χ1n) is 6.83. The lowest BCUT2D eigenvalue weighted by Crippen LogP contribution is -2.00. The van der Waals surface area contributed by atoms with E-state index in [1.165, 1.54) is 0 Å². The fraction of sp³-hybridized carbons (Fsp3) is 0.0556. The summed E-state index contributed by atoms with van der Waals surface area (Å²) in [7, 11) is 0. The summed E-state index contributed by atoms with van der Waals surface area (Å²) in [6.07, 6.45) is 1.29. The van der Waals surface area contributed by atoms with Crippen molar-refractivity contribution in [3.05, 3.63) is 77.0 Å². The van der Waals surface area contributed by atoms with Gasteiger partial charge >= 0.3 is 5.97 Å². The second kappa shape index (κ2) is 5.77. The van der Waals surface area contributed by atoms with Crippen LogP contribution in [0.4, 0.5) is 0 Å². The van der Waals surface area contributed by atoms with Crippen molar-refractivity contribution < 1.29 is 14.7 Å². The number of carboxylic acid groups (broad SMARTS) is 1. The van der Waals surface area contributed by atoms with Crippen LogP contribution >= 0.6 is 0 Å². The van der Waals surface area contributed by atoms with E-state index in [9.17, 15) is 9.59 Å². The van der Waals surface area contributed by atoms with Crippen LogP contribution in [0.15, 0.2) is 54.6 Å². The zero-order valence-electron chi connectivity index (χ0n) is 11.7. The van der Waals surface area contributed by atoms with Gasteiger partial charge in [-0.15, -0.1) is 0 Å². The van der Waals surface area contributed by atoms with Gasteiger partial charge < -0.3 is 5.11 Å². The van der Waals surface area contributed by atoms with Crippen LogP contribution in [0.1, 0.15) is 32.0 Å². The summed E-state index contributed by atoms with van der Waals surface area (Å²) in [5.41, 5.74) is 3.22. The summed E-state index contributed by atoms with van der Waals surface area (Å²) in [5, 5.41) is 9.89. The molecule has 0 bridgehead atoms. The molecule has 0 saturated heterocycles. The molecule has 0 fully saturated rings. The highest BCUT2D eigenvalue weighted by Crippen LogP contribution is 2.19. The lowest BCUT2D eigenvalue weighted by Gasteiger charge is -2.07. The number of aromatic carboxylic acids is 1. The van der Waals surface area contributed by atoms with E-state index in [1.807, 2.05) is 30.3 Å². The maximum Gasteiger partial charge on any atom is 0.335 e. The number of carbonyl (C=O) groups is 2. The molecule has 0 atom stereocenters. The van der Waals surface area contributed by atoms with E-state index < -0.39 is 5.97 Å². The van der Waals surface area contributed by atoms with Crippen LogP contribution in [-0.4, -0.2) is 22.3 Å². The van der Waals surface area contributed by atoms with E-state index in [4.69, 9.17) is 5.11 Å². The number of aldehydes is 1. The van der Waals surface area contributed by atoms with Gasteiger partial charge in [0.05, 0.1) is 11.1 Å². The molecule has 1 N–H and O–H groups in total. The third kappa shape index (κ3) is 2.72. The maximum atomic E-state index is 11.3.